The number of rotatable bonds is 3. The van der Waals surface area contributed by atoms with Crippen LogP contribution in [0.1, 0.15) is 42.9 Å². The van der Waals surface area contributed by atoms with Crippen LogP contribution in [0.15, 0.2) is 16.9 Å². The molecule has 78 valence electrons. The van der Waals surface area contributed by atoms with Crippen molar-refractivity contribution in [2.45, 2.75) is 38.6 Å². The first kappa shape index (κ1) is 9.78. The second-order valence-electron chi connectivity index (χ2n) is 4.32. The fraction of sp³-hybridized carbons (Fsp3) is 0.667. The van der Waals surface area contributed by atoms with E-state index in [1.54, 1.807) is 0 Å². The lowest BCUT2D eigenvalue weighted by Crippen LogP contribution is -2.23. The third kappa shape index (κ3) is 1.71. The Bertz CT molecular complexity index is 286. The predicted molar refractivity (Wildman–Crippen MR) is 57.2 cm³/mol. The van der Waals surface area contributed by atoms with Gasteiger partial charge in [-0.15, -0.1) is 0 Å². The van der Waals surface area contributed by atoms with E-state index in [0.717, 1.165) is 5.92 Å². The van der Waals surface area contributed by atoms with E-state index >= 15 is 0 Å². The summed E-state index contributed by atoms with van der Waals surface area (Å²) in [6.45, 7) is 2.12. The van der Waals surface area contributed by atoms with Crippen molar-refractivity contribution in [3.63, 3.8) is 0 Å². The van der Waals surface area contributed by atoms with Gasteiger partial charge in [-0.1, -0.05) is 12.8 Å². The van der Waals surface area contributed by atoms with Crippen molar-refractivity contribution >= 4 is 0 Å². The third-order valence-corrected chi connectivity index (χ3v) is 3.41. The molecule has 2 rings (SSSR count). The number of nitrogens with one attached hydrogen (secondary N) is 1. The summed E-state index contributed by atoms with van der Waals surface area (Å²) in [7, 11) is 2.05. The summed E-state index contributed by atoms with van der Waals surface area (Å²) in [5, 5.41) is 3.43. The molecule has 1 N–H and O–H groups in total. The Morgan fingerprint density at radius 1 is 1.36 bits per heavy atom. The van der Waals surface area contributed by atoms with E-state index in [2.05, 4.69) is 19.3 Å². The van der Waals surface area contributed by atoms with E-state index in [4.69, 9.17) is 4.42 Å². The molecule has 0 amide bonds. The quantitative estimate of drug-likeness (QED) is 0.798. The summed E-state index contributed by atoms with van der Waals surface area (Å²) in [5.74, 6) is 0.802. The third-order valence-electron chi connectivity index (χ3n) is 3.41. The van der Waals surface area contributed by atoms with Gasteiger partial charge in [0, 0.05) is 11.6 Å². The molecule has 1 aromatic rings. The van der Waals surface area contributed by atoms with Gasteiger partial charge in [-0.25, -0.2) is 0 Å². The van der Waals surface area contributed by atoms with E-state index < -0.39 is 0 Å². The van der Waals surface area contributed by atoms with Gasteiger partial charge in [-0.3, -0.25) is 0 Å². The average Bonchev–Trinajstić information content (AvgIpc) is 2.80. The van der Waals surface area contributed by atoms with Gasteiger partial charge < -0.3 is 9.73 Å². The average molecular weight is 193 g/mol. The number of hydrogen-bond donors (Lipinski definition) is 1. The topological polar surface area (TPSA) is 25.2 Å². The molecular formula is C12H19NO. The normalized spacial score (nSPS) is 20.1. The maximum atomic E-state index is 5.25. The summed E-state index contributed by atoms with van der Waals surface area (Å²) in [4.78, 5) is 0. The molecule has 2 nitrogen and oxygen atoms in total. The minimum absolute atomic E-state index is 0.497. The Labute approximate surface area is 85.7 Å². The molecule has 1 aliphatic carbocycles. The SMILES string of the molecule is CNC(c1cocc1C)C1CCCC1. The molecule has 1 unspecified atom stereocenters. The molecule has 1 aromatic heterocycles. The molecule has 0 saturated heterocycles. The molecule has 0 aliphatic heterocycles. The molecule has 1 atom stereocenters. The lowest BCUT2D eigenvalue weighted by Gasteiger charge is -2.22. The fourth-order valence-corrected chi connectivity index (χ4v) is 2.62. The first-order valence-corrected chi connectivity index (χ1v) is 5.53. The van der Waals surface area contributed by atoms with Crippen LogP contribution in [-0.4, -0.2) is 7.05 Å². The van der Waals surface area contributed by atoms with Gasteiger partial charge >= 0.3 is 0 Å². The van der Waals surface area contributed by atoms with Crippen LogP contribution in [0.25, 0.3) is 0 Å². The zero-order valence-corrected chi connectivity index (χ0v) is 9.05. The van der Waals surface area contributed by atoms with Crippen molar-refractivity contribution in [3.8, 4) is 0 Å². The maximum Gasteiger partial charge on any atom is 0.0953 e. The van der Waals surface area contributed by atoms with Crippen LogP contribution in [0, 0.1) is 12.8 Å². The molecule has 14 heavy (non-hydrogen) atoms. The molecule has 2 heteroatoms. The molecule has 1 aliphatic rings. The smallest absolute Gasteiger partial charge is 0.0953 e. The van der Waals surface area contributed by atoms with Gasteiger partial charge in [-0.2, -0.15) is 0 Å². The molecule has 1 fully saturated rings. The molecule has 0 spiro atoms. The van der Waals surface area contributed by atoms with Crippen molar-refractivity contribution in [3.05, 3.63) is 23.7 Å². The Hall–Kier alpha value is -0.760. The molecule has 0 radical (unpaired) electrons. The monoisotopic (exact) mass is 193 g/mol. The minimum Gasteiger partial charge on any atom is -0.472 e. The second-order valence-corrected chi connectivity index (χ2v) is 4.32. The summed E-state index contributed by atoms with van der Waals surface area (Å²) >= 11 is 0. The number of furan rings is 1. The molecular weight excluding hydrogens is 174 g/mol. The molecule has 0 bridgehead atoms. The van der Waals surface area contributed by atoms with Gasteiger partial charge in [0.25, 0.3) is 0 Å². The Morgan fingerprint density at radius 3 is 2.57 bits per heavy atom. The fourth-order valence-electron chi connectivity index (χ4n) is 2.62. The predicted octanol–water partition coefficient (Wildman–Crippen LogP) is 3.04. The van der Waals surface area contributed by atoms with Crippen LogP contribution >= 0.6 is 0 Å². The highest BCUT2D eigenvalue weighted by molar-refractivity contribution is 5.23. The standard InChI is InChI=1S/C12H19NO/c1-9-7-14-8-11(9)12(13-2)10-5-3-4-6-10/h7-8,10,12-13H,3-6H2,1-2H3. The minimum atomic E-state index is 0.497. The van der Waals surface area contributed by atoms with Crippen LogP contribution < -0.4 is 5.32 Å². The Morgan fingerprint density at radius 2 is 2.07 bits per heavy atom. The van der Waals surface area contributed by atoms with Crippen molar-refractivity contribution in [1.29, 1.82) is 0 Å². The summed E-state index contributed by atoms with van der Waals surface area (Å²) < 4.78 is 5.25. The van der Waals surface area contributed by atoms with Crippen LogP contribution in [-0.2, 0) is 0 Å². The summed E-state index contributed by atoms with van der Waals surface area (Å²) in [6.07, 6.45) is 9.23. The van der Waals surface area contributed by atoms with Gasteiger partial charge in [0.1, 0.15) is 0 Å². The Balaban J connectivity index is 2.16. The summed E-state index contributed by atoms with van der Waals surface area (Å²) in [5.41, 5.74) is 2.62. The van der Waals surface area contributed by atoms with Gasteiger partial charge in [0.15, 0.2) is 0 Å². The van der Waals surface area contributed by atoms with E-state index in [1.165, 1.54) is 36.8 Å². The Kier molecular flexibility index (Phi) is 2.92. The van der Waals surface area contributed by atoms with Gasteiger partial charge in [0.05, 0.1) is 12.5 Å². The van der Waals surface area contributed by atoms with E-state index in [9.17, 15) is 0 Å². The lowest BCUT2D eigenvalue weighted by atomic mass is 9.91. The van der Waals surface area contributed by atoms with Crippen LogP contribution in [0.5, 0.6) is 0 Å². The van der Waals surface area contributed by atoms with E-state index in [0.29, 0.717) is 6.04 Å². The zero-order chi connectivity index (χ0) is 9.97. The van der Waals surface area contributed by atoms with E-state index in [1.807, 2.05) is 12.5 Å². The second kappa shape index (κ2) is 4.18. The van der Waals surface area contributed by atoms with Crippen LogP contribution in [0.3, 0.4) is 0 Å². The van der Waals surface area contributed by atoms with Crippen molar-refractivity contribution < 1.29 is 4.42 Å². The van der Waals surface area contributed by atoms with Gasteiger partial charge in [0.2, 0.25) is 0 Å². The van der Waals surface area contributed by atoms with Gasteiger partial charge in [-0.05, 0) is 38.3 Å². The first-order valence-electron chi connectivity index (χ1n) is 5.53. The van der Waals surface area contributed by atoms with Crippen molar-refractivity contribution in [1.82, 2.24) is 5.32 Å². The molecule has 1 heterocycles. The number of aryl methyl sites for hydroxylation is 1. The van der Waals surface area contributed by atoms with Crippen molar-refractivity contribution in [2.24, 2.45) is 5.92 Å². The highest BCUT2D eigenvalue weighted by Gasteiger charge is 2.26. The largest absolute Gasteiger partial charge is 0.472 e. The van der Waals surface area contributed by atoms with Crippen LogP contribution in [0.2, 0.25) is 0 Å². The summed E-state index contributed by atoms with van der Waals surface area (Å²) in [6, 6.07) is 0.497. The van der Waals surface area contributed by atoms with Crippen molar-refractivity contribution in [2.75, 3.05) is 7.05 Å². The lowest BCUT2D eigenvalue weighted by molar-refractivity contribution is 0.386. The zero-order valence-electron chi connectivity index (χ0n) is 9.05. The van der Waals surface area contributed by atoms with E-state index in [-0.39, 0.29) is 0 Å². The van der Waals surface area contributed by atoms with Crippen LogP contribution in [0.4, 0.5) is 0 Å². The highest BCUT2D eigenvalue weighted by atomic mass is 16.3. The highest BCUT2D eigenvalue weighted by Crippen LogP contribution is 2.36. The number of hydrogen-bond acceptors (Lipinski definition) is 2. The molecule has 1 saturated carbocycles. The first-order chi connectivity index (χ1) is 6.83. The maximum absolute atomic E-state index is 5.25. The molecule has 0 aromatic carbocycles.